The van der Waals surface area contributed by atoms with Gasteiger partial charge in [0.15, 0.2) is 5.43 Å². The molecule has 0 spiro atoms. The van der Waals surface area contributed by atoms with Gasteiger partial charge in [0.05, 0.1) is 5.39 Å². The van der Waals surface area contributed by atoms with Gasteiger partial charge in [0.1, 0.15) is 11.4 Å². The predicted octanol–water partition coefficient (Wildman–Crippen LogP) is 3.76. The minimum absolute atomic E-state index is 0.0536. The maximum absolute atomic E-state index is 13.3. The molecule has 22 heavy (non-hydrogen) atoms. The van der Waals surface area contributed by atoms with Crippen molar-refractivity contribution < 1.29 is 8.81 Å². The lowest BCUT2D eigenvalue weighted by atomic mass is 10.1. The van der Waals surface area contributed by atoms with Crippen molar-refractivity contribution in [2.45, 2.75) is 20.0 Å². The van der Waals surface area contributed by atoms with Crippen LogP contribution in [0.2, 0.25) is 0 Å². The Morgan fingerprint density at radius 3 is 2.73 bits per heavy atom. The third-order valence-electron chi connectivity index (χ3n) is 4.07. The summed E-state index contributed by atoms with van der Waals surface area (Å²) in [5.74, 6) is 0.286. The molecule has 0 amide bonds. The first-order valence-corrected chi connectivity index (χ1v) is 7.17. The van der Waals surface area contributed by atoms with E-state index in [1.165, 1.54) is 18.2 Å². The molecule has 0 saturated heterocycles. The van der Waals surface area contributed by atoms with Crippen LogP contribution in [0.15, 0.2) is 51.7 Å². The van der Waals surface area contributed by atoms with Crippen molar-refractivity contribution in [1.82, 2.24) is 0 Å². The smallest absolute Gasteiger partial charge is 0.200 e. The molecule has 110 valence electrons. The Morgan fingerprint density at radius 1 is 1.05 bits per heavy atom. The Hall–Kier alpha value is -2.62. The number of benzene rings is 2. The molecule has 0 unspecified atom stereocenters. The summed E-state index contributed by atoms with van der Waals surface area (Å²) in [6.07, 6.45) is 0. The summed E-state index contributed by atoms with van der Waals surface area (Å²) in [7, 11) is 0. The van der Waals surface area contributed by atoms with E-state index < -0.39 is 0 Å². The van der Waals surface area contributed by atoms with Gasteiger partial charge in [-0.05, 0) is 42.3 Å². The molecule has 0 fully saturated rings. The second-order valence-corrected chi connectivity index (χ2v) is 5.72. The van der Waals surface area contributed by atoms with Crippen molar-refractivity contribution in [2.75, 3.05) is 4.90 Å². The van der Waals surface area contributed by atoms with Gasteiger partial charge in [-0.15, -0.1) is 0 Å². The van der Waals surface area contributed by atoms with Crippen LogP contribution in [0.1, 0.15) is 16.7 Å². The van der Waals surface area contributed by atoms with Gasteiger partial charge in [-0.2, -0.15) is 0 Å². The van der Waals surface area contributed by atoms with E-state index in [-0.39, 0.29) is 11.2 Å². The number of hydrogen-bond donors (Lipinski definition) is 0. The summed E-state index contributed by atoms with van der Waals surface area (Å²) < 4.78 is 19.2. The zero-order valence-electron chi connectivity index (χ0n) is 12.1. The molecule has 0 aliphatic carbocycles. The molecule has 3 nitrogen and oxygen atoms in total. The fourth-order valence-electron chi connectivity index (χ4n) is 2.93. The number of hydrogen-bond acceptors (Lipinski definition) is 3. The fraction of sp³-hybridized carbons (Fsp3) is 0.167. The van der Waals surface area contributed by atoms with Crippen molar-refractivity contribution in [3.05, 3.63) is 75.2 Å². The molecule has 0 atom stereocenters. The molecule has 4 heteroatoms. The van der Waals surface area contributed by atoms with Crippen LogP contribution in [0.4, 0.5) is 10.3 Å². The summed E-state index contributed by atoms with van der Waals surface area (Å²) in [5, 5.41) is 0.589. The molecule has 1 aliphatic heterocycles. The molecule has 1 aromatic heterocycles. The van der Waals surface area contributed by atoms with Gasteiger partial charge in [0.2, 0.25) is 5.88 Å². The molecule has 0 radical (unpaired) electrons. The summed E-state index contributed by atoms with van der Waals surface area (Å²) in [6, 6.07) is 11.9. The third kappa shape index (κ3) is 2.08. The van der Waals surface area contributed by atoms with Crippen LogP contribution in [0.5, 0.6) is 0 Å². The van der Waals surface area contributed by atoms with Gasteiger partial charge in [-0.3, -0.25) is 4.79 Å². The summed E-state index contributed by atoms with van der Waals surface area (Å²) in [5.41, 5.74) is 3.55. The molecule has 0 N–H and O–H groups in total. The highest BCUT2D eigenvalue weighted by atomic mass is 19.1. The lowest BCUT2D eigenvalue weighted by Crippen LogP contribution is -2.16. The number of nitrogens with zero attached hydrogens (tertiary/aromatic N) is 1. The van der Waals surface area contributed by atoms with E-state index >= 15 is 0 Å². The minimum Gasteiger partial charge on any atom is -0.440 e. The largest absolute Gasteiger partial charge is 0.440 e. The van der Waals surface area contributed by atoms with Gasteiger partial charge in [0.25, 0.3) is 0 Å². The maximum atomic E-state index is 13.3. The number of aryl methyl sites for hydroxylation is 1. The van der Waals surface area contributed by atoms with Gasteiger partial charge < -0.3 is 9.32 Å². The van der Waals surface area contributed by atoms with Crippen LogP contribution in [-0.2, 0) is 13.1 Å². The zero-order valence-corrected chi connectivity index (χ0v) is 12.1. The molecule has 1 aliphatic rings. The van der Waals surface area contributed by atoms with Crippen molar-refractivity contribution in [1.29, 1.82) is 0 Å². The summed E-state index contributed by atoms with van der Waals surface area (Å²) in [6.45, 7) is 3.11. The molecule has 4 rings (SSSR count). The number of anilines is 1. The molecule has 0 saturated carbocycles. The lowest BCUT2D eigenvalue weighted by molar-refractivity contribution is 0.575. The first kappa shape index (κ1) is 13.1. The fourth-order valence-corrected chi connectivity index (χ4v) is 2.93. The normalized spacial score (nSPS) is 13.6. The molecular formula is C18H14FNO2. The Morgan fingerprint density at radius 2 is 1.86 bits per heavy atom. The zero-order chi connectivity index (χ0) is 15.3. The lowest BCUT2D eigenvalue weighted by Gasteiger charge is -2.16. The summed E-state index contributed by atoms with van der Waals surface area (Å²) >= 11 is 0. The first-order chi connectivity index (χ1) is 10.6. The first-order valence-electron chi connectivity index (χ1n) is 7.17. The van der Waals surface area contributed by atoms with E-state index in [0.717, 1.165) is 16.7 Å². The highest BCUT2D eigenvalue weighted by Gasteiger charge is 2.22. The van der Waals surface area contributed by atoms with Gasteiger partial charge in [-0.1, -0.05) is 17.7 Å². The van der Waals surface area contributed by atoms with E-state index in [2.05, 4.69) is 0 Å². The topological polar surface area (TPSA) is 33.5 Å². The average Bonchev–Trinajstić information content (AvgIpc) is 2.91. The van der Waals surface area contributed by atoms with E-state index in [9.17, 15) is 9.18 Å². The highest BCUT2D eigenvalue weighted by molar-refractivity contribution is 5.78. The second-order valence-electron chi connectivity index (χ2n) is 5.72. The van der Waals surface area contributed by atoms with Crippen LogP contribution >= 0.6 is 0 Å². The van der Waals surface area contributed by atoms with Crippen LogP contribution in [0, 0.1) is 12.7 Å². The quantitative estimate of drug-likeness (QED) is 0.685. The molecule has 2 aromatic carbocycles. The number of rotatable bonds is 1. The SMILES string of the molecule is Cc1ccc2oc(N3Cc4ccc(F)cc4C3)cc(=O)c2c1. The van der Waals surface area contributed by atoms with Crippen molar-refractivity contribution in [3.63, 3.8) is 0 Å². The van der Waals surface area contributed by atoms with Crippen LogP contribution in [-0.4, -0.2) is 0 Å². The van der Waals surface area contributed by atoms with Gasteiger partial charge >= 0.3 is 0 Å². The van der Waals surface area contributed by atoms with E-state index in [4.69, 9.17) is 4.42 Å². The van der Waals surface area contributed by atoms with Crippen LogP contribution < -0.4 is 10.3 Å². The minimum atomic E-state index is -0.240. The number of halogens is 1. The predicted molar refractivity (Wildman–Crippen MR) is 83.5 cm³/mol. The van der Waals surface area contributed by atoms with Gasteiger partial charge in [0, 0.05) is 19.2 Å². The standard InChI is InChI=1S/C18H14FNO2/c1-11-2-5-17-15(6-11)16(21)8-18(22-17)20-9-12-3-4-14(19)7-13(12)10-20/h2-8H,9-10H2,1H3. The molecule has 0 bridgehead atoms. The second kappa shape index (κ2) is 4.70. The Balaban J connectivity index is 1.77. The Labute approximate surface area is 126 Å². The average molecular weight is 295 g/mol. The molecular weight excluding hydrogens is 281 g/mol. The monoisotopic (exact) mass is 295 g/mol. The molecule has 2 heterocycles. The van der Waals surface area contributed by atoms with Crippen LogP contribution in [0.25, 0.3) is 11.0 Å². The van der Waals surface area contributed by atoms with Gasteiger partial charge in [-0.25, -0.2) is 4.39 Å². The summed E-state index contributed by atoms with van der Waals surface area (Å²) in [4.78, 5) is 14.2. The number of fused-ring (bicyclic) bond motifs is 2. The maximum Gasteiger partial charge on any atom is 0.200 e. The van der Waals surface area contributed by atoms with E-state index in [0.29, 0.717) is 29.9 Å². The van der Waals surface area contributed by atoms with Crippen molar-refractivity contribution in [2.24, 2.45) is 0 Å². The Kier molecular flexibility index (Phi) is 2.79. The van der Waals surface area contributed by atoms with E-state index in [1.807, 2.05) is 30.0 Å². The highest BCUT2D eigenvalue weighted by Crippen LogP contribution is 2.29. The third-order valence-corrected chi connectivity index (χ3v) is 4.07. The molecule has 3 aromatic rings. The van der Waals surface area contributed by atoms with Crippen LogP contribution in [0.3, 0.4) is 0 Å². The Bertz CT molecular complexity index is 945. The van der Waals surface area contributed by atoms with Crippen molar-refractivity contribution >= 4 is 16.9 Å². The van der Waals surface area contributed by atoms with E-state index in [1.54, 1.807) is 6.07 Å². The van der Waals surface area contributed by atoms with Crippen molar-refractivity contribution in [3.8, 4) is 0 Å².